The average molecular weight is 316 g/mol. The number of aromatic carboxylic acids is 1. The summed E-state index contributed by atoms with van der Waals surface area (Å²) in [6, 6.07) is 5.72. The Labute approximate surface area is 138 Å². The quantitative estimate of drug-likeness (QED) is 0.873. The zero-order valence-electron chi connectivity index (χ0n) is 14.3. The standard InChI is InChI=1S/C20H28O3/c1-3-19(23)10-11-20(4-2)16(13-19)7-5-6-14-12-15(18(21)22)8-9-17(14)20/h8-9,12,16,23H,3-7,10-11,13H2,1-2H3,(H,21,22)/t16-,19+,20+/m0/s1. The predicted octanol–water partition coefficient (Wildman–Crippen LogP) is 4.31. The number of carboxylic acid groups (broad SMARTS) is 1. The van der Waals surface area contributed by atoms with Crippen LogP contribution in [-0.4, -0.2) is 21.8 Å². The fourth-order valence-electron chi connectivity index (χ4n) is 5.08. The lowest BCUT2D eigenvalue weighted by Gasteiger charge is -2.50. The van der Waals surface area contributed by atoms with E-state index in [4.69, 9.17) is 0 Å². The smallest absolute Gasteiger partial charge is 0.335 e. The lowest BCUT2D eigenvalue weighted by Crippen LogP contribution is -2.47. The lowest BCUT2D eigenvalue weighted by molar-refractivity contribution is -0.0505. The molecule has 2 aliphatic carbocycles. The fraction of sp³-hybridized carbons (Fsp3) is 0.650. The highest BCUT2D eigenvalue weighted by molar-refractivity contribution is 5.88. The van der Waals surface area contributed by atoms with Crippen LogP contribution >= 0.6 is 0 Å². The zero-order chi connectivity index (χ0) is 16.7. The van der Waals surface area contributed by atoms with Gasteiger partial charge < -0.3 is 10.2 Å². The molecule has 0 unspecified atom stereocenters. The van der Waals surface area contributed by atoms with Gasteiger partial charge >= 0.3 is 5.97 Å². The van der Waals surface area contributed by atoms with Crippen LogP contribution in [0, 0.1) is 5.92 Å². The second kappa shape index (κ2) is 5.94. The molecule has 1 aromatic carbocycles. The van der Waals surface area contributed by atoms with Crippen LogP contribution in [-0.2, 0) is 11.8 Å². The number of hydrogen-bond donors (Lipinski definition) is 2. The predicted molar refractivity (Wildman–Crippen MR) is 90.9 cm³/mol. The van der Waals surface area contributed by atoms with Gasteiger partial charge in [0, 0.05) is 0 Å². The van der Waals surface area contributed by atoms with Crippen molar-refractivity contribution in [3.8, 4) is 0 Å². The summed E-state index contributed by atoms with van der Waals surface area (Å²) < 4.78 is 0. The molecule has 23 heavy (non-hydrogen) atoms. The van der Waals surface area contributed by atoms with E-state index in [0.29, 0.717) is 11.5 Å². The number of rotatable bonds is 3. The van der Waals surface area contributed by atoms with Gasteiger partial charge in [0.2, 0.25) is 0 Å². The molecular formula is C20H28O3. The lowest BCUT2D eigenvalue weighted by atomic mass is 9.56. The van der Waals surface area contributed by atoms with Crippen LogP contribution in [0.4, 0.5) is 0 Å². The highest BCUT2D eigenvalue weighted by atomic mass is 16.4. The average Bonchev–Trinajstić information content (AvgIpc) is 2.70. The first-order valence-corrected chi connectivity index (χ1v) is 9.03. The zero-order valence-corrected chi connectivity index (χ0v) is 14.3. The fourth-order valence-corrected chi connectivity index (χ4v) is 5.08. The Bertz CT molecular complexity index is 609. The normalized spacial score (nSPS) is 33.4. The van der Waals surface area contributed by atoms with Gasteiger partial charge in [0.05, 0.1) is 11.2 Å². The molecule has 0 heterocycles. The van der Waals surface area contributed by atoms with Gasteiger partial charge in [-0.3, -0.25) is 0 Å². The molecule has 0 radical (unpaired) electrons. The molecule has 2 aliphatic rings. The summed E-state index contributed by atoms with van der Waals surface area (Å²) >= 11 is 0. The van der Waals surface area contributed by atoms with E-state index in [9.17, 15) is 15.0 Å². The number of carbonyl (C=O) groups is 1. The van der Waals surface area contributed by atoms with Gasteiger partial charge in [0.1, 0.15) is 0 Å². The van der Waals surface area contributed by atoms with Crippen molar-refractivity contribution in [2.75, 3.05) is 0 Å². The van der Waals surface area contributed by atoms with Gasteiger partial charge in [0.25, 0.3) is 0 Å². The van der Waals surface area contributed by atoms with Crippen LogP contribution in [0.25, 0.3) is 0 Å². The minimum Gasteiger partial charge on any atom is -0.478 e. The van der Waals surface area contributed by atoms with Crippen molar-refractivity contribution < 1.29 is 15.0 Å². The third-order valence-corrected chi connectivity index (χ3v) is 6.62. The molecular weight excluding hydrogens is 288 g/mol. The molecule has 3 nitrogen and oxygen atoms in total. The van der Waals surface area contributed by atoms with Crippen LogP contribution in [0.1, 0.15) is 80.3 Å². The Morgan fingerprint density at radius 3 is 2.70 bits per heavy atom. The van der Waals surface area contributed by atoms with Crippen molar-refractivity contribution in [3.05, 3.63) is 34.9 Å². The van der Waals surface area contributed by atoms with Gasteiger partial charge in [-0.15, -0.1) is 0 Å². The van der Waals surface area contributed by atoms with E-state index in [1.54, 1.807) is 6.07 Å². The Morgan fingerprint density at radius 1 is 1.26 bits per heavy atom. The van der Waals surface area contributed by atoms with Crippen LogP contribution in [0.15, 0.2) is 18.2 Å². The highest BCUT2D eigenvalue weighted by Crippen LogP contribution is 2.54. The van der Waals surface area contributed by atoms with E-state index in [1.165, 1.54) is 11.1 Å². The third kappa shape index (κ3) is 2.69. The summed E-state index contributed by atoms with van der Waals surface area (Å²) in [5.41, 5.74) is 2.58. The molecule has 3 rings (SSSR count). The maximum atomic E-state index is 11.3. The minimum absolute atomic E-state index is 0.115. The van der Waals surface area contributed by atoms with Crippen LogP contribution in [0.2, 0.25) is 0 Å². The summed E-state index contributed by atoms with van der Waals surface area (Å²) in [4.78, 5) is 11.3. The SMILES string of the molecule is CC[C@@]1(O)CC[C@@]2(CC)c3ccc(C(=O)O)cc3CCC[C@H]2C1. The molecule has 0 amide bonds. The Hall–Kier alpha value is -1.35. The molecule has 0 saturated heterocycles. The number of fused-ring (bicyclic) bond motifs is 3. The Balaban J connectivity index is 2.06. The van der Waals surface area contributed by atoms with Crippen molar-refractivity contribution in [1.29, 1.82) is 0 Å². The summed E-state index contributed by atoms with van der Waals surface area (Å²) in [7, 11) is 0. The molecule has 2 N–H and O–H groups in total. The van der Waals surface area contributed by atoms with Crippen molar-refractivity contribution in [3.63, 3.8) is 0 Å². The van der Waals surface area contributed by atoms with Gasteiger partial charge in [-0.1, -0.05) is 19.9 Å². The van der Waals surface area contributed by atoms with Crippen LogP contribution < -0.4 is 0 Å². The molecule has 3 heteroatoms. The number of carboxylic acids is 1. The van der Waals surface area contributed by atoms with Gasteiger partial charge in [-0.25, -0.2) is 4.79 Å². The molecule has 0 spiro atoms. The highest BCUT2D eigenvalue weighted by Gasteiger charge is 2.49. The molecule has 1 aromatic rings. The largest absolute Gasteiger partial charge is 0.478 e. The van der Waals surface area contributed by atoms with E-state index in [2.05, 4.69) is 19.9 Å². The summed E-state index contributed by atoms with van der Waals surface area (Å²) in [5.74, 6) is -0.341. The van der Waals surface area contributed by atoms with E-state index < -0.39 is 11.6 Å². The number of aryl methyl sites for hydroxylation is 1. The summed E-state index contributed by atoms with van der Waals surface area (Å²) in [6.45, 7) is 4.34. The molecule has 0 aromatic heterocycles. The second-order valence-corrected chi connectivity index (χ2v) is 7.56. The van der Waals surface area contributed by atoms with Gasteiger partial charge in [-0.05, 0) is 86.0 Å². The minimum atomic E-state index is -0.844. The summed E-state index contributed by atoms with van der Waals surface area (Å²) in [6.07, 6.45) is 7.82. The van der Waals surface area contributed by atoms with Crippen LogP contribution in [0.5, 0.6) is 0 Å². The number of benzene rings is 1. The molecule has 0 bridgehead atoms. The van der Waals surface area contributed by atoms with Crippen molar-refractivity contribution in [1.82, 2.24) is 0 Å². The third-order valence-electron chi connectivity index (χ3n) is 6.62. The van der Waals surface area contributed by atoms with Crippen molar-refractivity contribution >= 4 is 5.97 Å². The molecule has 126 valence electrons. The molecule has 1 fully saturated rings. The maximum Gasteiger partial charge on any atom is 0.335 e. The topological polar surface area (TPSA) is 57.5 Å². The van der Waals surface area contributed by atoms with Gasteiger partial charge in [-0.2, -0.15) is 0 Å². The maximum absolute atomic E-state index is 11.3. The van der Waals surface area contributed by atoms with Gasteiger partial charge in [0.15, 0.2) is 0 Å². The van der Waals surface area contributed by atoms with Crippen molar-refractivity contribution in [2.45, 2.75) is 76.2 Å². The van der Waals surface area contributed by atoms with E-state index in [1.807, 2.05) is 6.07 Å². The van der Waals surface area contributed by atoms with Crippen molar-refractivity contribution in [2.24, 2.45) is 5.92 Å². The number of aliphatic hydroxyl groups is 1. The van der Waals surface area contributed by atoms with Crippen LogP contribution in [0.3, 0.4) is 0 Å². The molecule has 1 saturated carbocycles. The van der Waals surface area contributed by atoms with E-state index in [-0.39, 0.29) is 5.41 Å². The number of hydrogen-bond acceptors (Lipinski definition) is 2. The first-order chi connectivity index (χ1) is 10.9. The summed E-state index contributed by atoms with van der Waals surface area (Å²) in [5, 5.41) is 20.1. The monoisotopic (exact) mass is 316 g/mol. The first kappa shape index (κ1) is 16.5. The molecule has 3 atom stereocenters. The second-order valence-electron chi connectivity index (χ2n) is 7.56. The Kier molecular flexibility index (Phi) is 4.26. The molecule has 0 aliphatic heterocycles. The van der Waals surface area contributed by atoms with E-state index >= 15 is 0 Å². The van der Waals surface area contributed by atoms with E-state index in [0.717, 1.165) is 51.4 Å². The first-order valence-electron chi connectivity index (χ1n) is 9.03. The Morgan fingerprint density at radius 2 is 2.04 bits per heavy atom.